The molecule has 4 N–H and O–H groups in total. The molecular formula is C30H40N4O7. The highest BCUT2D eigenvalue weighted by Gasteiger charge is 2.63. The minimum absolute atomic E-state index is 0.0856. The number of phenols is 2. The minimum Gasteiger partial charge on any atom is -0.504 e. The van der Waals surface area contributed by atoms with E-state index in [9.17, 15) is 29.7 Å². The summed E-state index contributed by atoms with van der Waals surface area (Å²) in [5.74, 6) is -1.76. The van der Waals surface area contributed by atoms with E-state index in [1.807, 2.05) is 0 Å². The first-order valence-electron chi connectivity index (χ1n) is 14.4. The van der Waals surface area contributed by atoms with E-state index < -0.39 is 36.0 Å². The van der Waals surface area contributed by atoms with Crippen LogP contribution in [0.3, 0.4) is 0 Å². The van der Waals surface area contributed by atoms with Gasteiger partial charge in [0.15, 0.2) is 11.5 Å². The number of likely N-dealkylation sites (tertiary alicyclic amines) is 1. The SMILES string of the molecule is CC1(C)C2CCC1(C)C(OC(=O)C1CCCN1C(=O)C(CC1=NC=NC1)NC(=O)C(O)Cc1ccc(O)c(O)c1)C2. The third kappa shape index (κ3) is 5.43. The number of hydrogen-bond donors (Lipinski definition) is 4. The van der Waals surface area contributed by atoms with Crippen LogP contribution in [-0.4, -0.2) is 87.4 Å². The molecule has 0 aromatic heterocycles. The number of rotatable bonds is 9. The largest absolute Gasteiger partial charge is 0.504 e. The number of amides is 2. The molecule has 41 heavy (non-hydrogen) atoms. The third-order valence-electron chi connectivity index (χ3n) is 10.2. The maximum absolute atomic E-state index is 13.8. The number of aliphatic hydroxyl groups excluding tert-OH is 1. The van der Waals surface area contributed by atoms with Gasteiger partial charge >= 0.3 is 5.97 Å². The normalized spacial score (nSPS) is 29.3. The topological polar surface area (TPSA) is 161 Å². The lowest BCUT2D eigenvalue weighted by molar-refractivity contribution is -0.165. The van der Waals surface area contributed by atoms with E-state index >= 15 is 0 Å². The Bertz CT molecular complexity index is 1280. The van der Waals surface area contributed by atoms with Crippen LogP contribution in [-0.2, 0) is 25.5 Å². The van der Waals surface area contributed by atoms with Crippen LogP contribution in [0.25, 0.3) is 0 Å². The number of fused-ring (bicyclic) bond motifs is 2. The summed E-state index contributed by atoms with van der Waals surface area (Å²) in [6.45, 7) is 7.38. The van der Waals surface area contributed by atoms with Crippen molar-refractivity contribution < 1.29 is 34.4 Å². The predicted octanol–water partition coefficient (Wildman–Crippen LogP) is 2.11. The Kier molecular flexibility index (Phi) is 7.84. The predicted molar refractivity (Wildman–Crippen MR) is 151 cm³/mol. The van der Waals surface area contributed by atoms with E-state index in [0.29, 0.717) is 43.1 Å². The van der Waals surface area contributed by atoms with Crippen molar-refractivity contribution in [3.05, 3.63) is 23.8 Å². The van der Waals surface area contributed by atoms with E-state index in [4.69, 9.17) is 4.74 Å². The van der Waals surface area contributed by atoms with Gasteiger partial charge in [0.05, 0.1) is 6.54 Å². The molecule has 5 rings (SSSR count). The fourth-order valence-electron chi connectivity index (χ4n) is 7.15. The number of aliphatic hydroxyl groups is 1. The number of aromatic hydroxyl groups is 2. The molecule has 2 bridgehead atoms. The van der Waals surface area contributed by atoms with Crippen molar-refractivity contribution in [2.45, 2.75) is 90.0 Å². The molecule has 2 heterocycles. The Morgan fingerprint density at radius 3 is 2.56 bits per heavy atom. The molecule has 11 heteroatoms. The van der Waals surface area contributed by atoms with E-state index in [1.54, 1.807) is 0 Å². The highest BCUT2D eigenvalue weighted by atomic mass is 16.5. The van der Waals surface area contributed by atoms with Gasteiger partial charge < -0.3 is 30.3 Å². The number of aliphatic imine (C=N–C) groups is 2. The van der Waals surface area contributed by atoms with Crippen molar-refractivity contribution in [1.29, 1.82) is 0 Å². The van der Waals surface area contributed by atoms with Gasteiger partial charge in [-0.25, -0.2) is 9.79 Å². The highest BCUT2D eigenvalue weighted by molar-refractivity contribution is 6.01. The molecule has 11 nitrogen and oxygen atoms in total. The molecular weight excluding hydrogens is 528 g/mol. The highest BCUT2D eigenvalue weighted by Crippen LogP contribution is 2.66. The van der Waals surface area contributed by atoms with Gasteiger partial charge in [0.2, 0.25) is 11.8 Å². The molecule has 0 spiro atoms. The van der Waals surface area contributed by atoms with Crippen LogP contribution in [0, 0.1) is 16.7 Å². The fraction of sp³-hybridized carbons (Fsp3) is 0.633. The number of esters is 1. The average molecular weight is 569 g/mol. The first-order valence-corrected chi connectivity index (χ1v) is 14.4. The number of benzene rings is 1. The summed E-state index contributed by atoms with van der Waals surface area (Å²) in [7, 11) is 0. The molecule has 3 fully saturated rings. The average Bonchev–Trinajstić information content (AvgIpc) is 3.70. The van der Waals surface area contributed by atoms with Crippen LogP contribution < -0.4 is 5.32 Å². The van der Waals surface area contributed by atoms with E-state index in [1.165, 1.54) is 29.4 Å². The summed E-state index contributed by atoms with van der Waals surface area (Å²) in [6, 6.07) is 2.22. The second kappa shape index (κ2) is 11.1. The lowest BCUT2D eigenvalue weighted by atomic mass is 9.70. The van der Waals surface area contributed by atoms with E-state index in [0.717, 1.165) is 19.3 Å². The smallest absolute Gasteiger partial charge is 0.329 e. The number of nitrogens with one attached hydrogen (secondary N) is 1. The number of phenolic OH excluding ortho intramolecular Hbond substituents is 2. The molecule has 0 radical (unpaired) electrons. The zero-order valence-electron chi connectivity index (χ0n) is 23.9. The molecule has 6 atom stereocenters. The molecule has 222 valence electrons. The van der Waals surface area contributed by atoms with E-state index in [-0.39, 0.29) is 41.3 Å². The summed E-state index contributed by atoms with van der Waals surface area (Å²) in [5, 5.41) is 32.5. The maximum Gasteiger partial charge on any atom is 0.329 e. The van der Waals surface area contributed by atoms with Crippen LogP contribution in [0.1, 0.15) is 64.9 Å². The summed E-state index contributed by atoms with van der Waals surface area (Å²) in [4.78, 5) is 50.1. The van der Waals surface area contributed by atoms with Crippen LogP contribution in [0.2, 0.25) is 0 Å². The molecule has 2 saturated carbocycles. The number of ether oxygens (including phenoxy) is 1. The molecule has 1 aromatic carbocycles. The quantitative estimate of drug-likeness (QED) is 0.262. The lowest BCUT2D eigenvalue weighted by Crippen LogP contribution is -2.55. The first kappa shape index (κ1) is 29.0. The Morgan fingerprint density at radius 1 is 1.15 bits per heavy atom. The molecule has 6 unspecified atom stereocenters. The monoisotopic (exact) mass is 568 g/mol. The van der Waals surface area contributed by atoms with Gasteiger partial charge in [-0.1, -0.05) is 26.8 Å². The van der Waals surface area contributed by atoms with Gasteiger partial charge in [-0.05, 0) is 61.1 Å². The number of carbonyl (C=O) groups is 3. The van der Waals surface area contributed by atoms with Gasteiger partial charge in [-0.3, -0.25) is 14.6 Å². The van der Waals surface area contributed by atoms with Crippen LogP contribution >= 0.6 is 0 Å². The van der Waals surface area contributed by atoms with Gasteiger partial charge in [0.1, 0.15) is 30.6 Å². The Morgan fingerprint density at radius 2 is 1.93 bits per heavy atom. The second-order valence-electron chi connectivity index (χ2n) is 12.7. The summed E-state index contributed by atoms with van der Waals surface area (Å²) in [6.07, 6.45) is 3.77. The van der Waals surface area contributed by atoms with Crippen LogP contribution in [0.4, 0.5) is 0 Å². The number of hydrogen-bond acceptors (Lipinski definition) is 9. The molecule has 2 aliphatic carbocycles. The zero-order chi connectivity index (χ0) is 29.5. The van der Waals surface area contributed by atoms with Crippen molar-refractivity contribution in [2.75, 3.05) is 13.1 Å². The van der Waals surface area contributed by atoms with Crippen LogP contribution in [0.5, 0.6) is 11.5 Å². The minimum atomic E-state index is -1.52. The Hall–Kier alpha value is -3.47. The van der Waals surface area contributed by atoms with E-state index in [2.05, 4.69) is 36.1 Å². The second-order valence-corrected chi connectivity index (χ2v) is 12.7. The van der Waals surface area contributed by atoms with Gasteiger partial charge in [-0.15, -0.1) is 0 Å². The Balaban J connectivity index is 1.27. The molecule has 2 aliphatic heterocycles. The third-order valence-corrected chi connectivity index (χ3v) is 10.2. The summed E-state index contributed by atoms with van der Waals surface area (Å²) >= 11 is 0. The van der Waals surface area contributed by atoms with Crippen LogP contribution in [0.15, 0.2) is 28.2 Å². The molecule has 4 aliphatic rings. The number of nitrogens with zero attached hydrogens (tertiary/aromatic N) is 3. The van der Waals surface area contributed by atoms with Gasteiger partial charge in [0, 0.05) is 30.5 Å². The van der Waals surface area contributed by atoms with Crippen molar-refractivity contribution in [2.24, 2.45) is 26.7 Å². The van der Waals surface area contributed by atoms with Crippen molar-refractivity contribution in [1.82, 2.24) is 10.2 Å². The standard InChI is InChI=1S/C30H40N4O7/c1-29(2)18-8-9-30(29,3)25(13-18)41-28(40)21-5-4-10-34(21)27(39)20(14-19-15-31-16-32-19)33-26(38)24(37)12-17-6-7-22(35)23(36)11-17/h6-7,11,16,18,20-21,24-25,35-37H,4-5,8-10,12-15H2,1-3H3,(H,33,38). The van der Waals surface area contributed by atoms with Gasteiger partial charge in [0.25, 0.3) is 0 Å². The fourth-order valence-corrected chi connectivity index (χ4v) is 7.15. The molecule has 1 saturated heterocycles. The van der Waals surface area contributed by atoms with Crippen molar-refractivity contribution >= 4 is 29.8 Å². The summed E-state index contributed by atoms with van der Waals surface area (Å²) in [5.41, 5.74) is 1.03. The van der Waals surface area contributed by atoms with Crippen molar-refractivity contribution in [3.8, 4) is 11.5 Å². The molecule has 1 aromatic rings. The first-order chi connectivity index (χ1) is 19.4. The van der Waals surface area contributed by atoms with Gasteiger partial charge in [-0.2, -0.15) is 0 Å². The van der Waals surface area contributed by atoms with Crippen molar-refractivity contribution in [3.63, 3.8) is 0 Å². The lowest BCUT2D eigenvalue weighted by Gasteiger charge is -2.39. The molecule has 2 amide bonds. The zero-order valence-corrected chi connectivity index (χ0v) is 23.9. The maximum atomic E-state index is 13.8. The Labute approximate surface area is 239 Å². The summed E-state index contributed by atoms with van der Waals surface area (Å²) < 4.78 is 6.12. The number of carbonyl (C=O) groups excluding carboxylic acids is 3.